The van der Waals surface area contributed by atoms with Crippen LogP contribution in [0.25, 0.3) is 0 Å². The number of carbonyl (C=O) groups excluding carboxylic acids is 1. The SMILES string of the molecule is CCOC(=O)c1nc(C2CCOCC2C)n(C)n1. The smallest absolute Gasteiger partial charge is 0.378 e. The average Bonchev–Trinajstić information content (AvgIpc) is 2.72. The molecule has 1 saturated heterocycles. The molecule has 0 radical (unpaired) electrons. The summed E-state index contributed by atoms with van der Waals surface area (Å²) in [6.07, 6.45) is 0.913. The van der Waals surface area contributed by atoms with E-state index in [1.54, 1.807) is 11.6 Å². The lowest BCUT2D eigenvalue weighted by Crippen LogP contribution is -2.25. The molecule has 2 atom stereocenters. The number of nitrogens with zero attached hydrogens (tertiary/aromatic N) is 3. The van der Waals surface area contributed by atoms with Gasteiger partial charge in [-0.05, 0) is 19.3 Å². The fraction of sp³-hybridized carbons (Fsp3) is 0.750. The molecule has 1 aliphatic heterocycles. The van der Waals surface area contributed by atoms with Crippen LogP contribution in [0.1, 0.15) is 42.6 Å². The van der Waals surface area contributed by atoms with Gasteiger partial charge in [0.25, 0.3) is 5.82 Å². The zero-order valence-corrected chi connectivity index (χ0v) is 11.0. The van der Waals surface area contributed by atoms with Crippen molar-refractivity contribution >= 4 is 5.97 Å². The molecule has 0 saturated carbocycles. The normalized spacial score (nSPS) is 23.9. The lowest BCUT2D eigenvalue weighted by molar-refractivity contribution is 0.0443. The molecule has 6 heteroatoms. The molecule has 6 nitrogen and oxygen atoms in total. The molecular weight excluding hydrogens is 234 g/mol. The van der Waals surface area contributed by atoms with Crippen LogP contribution in [-0.2, 0) is 16.5 Å². The summed E-state index contributed by atoms with van der Waals surface area (Å²) in [4.78, 5) is 15.9. The molecule has 0 aromatic carbocycles. The first kappa shape index (κ1) is 13.0. The molecule has 2 heterocycles. The summed E-state index contributed by atoms with van der Waals surface area (Å²) in [7, 11) is 1.81. The molecule has 0 amide bonds. The third kappa shape index (κ3) is 2.53. The summed E-state index contributed by atoms with van der Waals surface area (Å²) in [5.41, 5.74) is 0. The highest BCUT2D eigenvalue weighted by atomic mass is 16.5. The van der Waals surface area contributed by atoms with Crippen molar-refractivity contribution in [3.05, 3.63) is 11.6 Å². The maximum absolute atomic E-state index is 11.6. The molecule has 100 valence electrons. The van der Waals surface area contributed by atoms with E-state index in [-0.39, 0.29) is 5.82 Å². The molecule has 1 aliphatic rings. The van der Waals surface area contributed by atoms with Crippen LogP contribution in [0.5, 0.6) is 0 Å². The third-order valence-corrected chi connectivity index (χ3v) is 3.23. The van der Waals surface area contributed by atoms with Gasteiger partial charge in [0.1, 0.15) is 5.82 Å². The van der Waals surface area contributed by atoms with Crippen molar-refractivity contribution in [2.24, 2.45) is 13.0 Å². The number of carbonyl (C=O) groups is 1. The van der Waals surface area contributed by atoms with Gasteiger partial charge < -0.3 is 9.47 Å². The van der Waals surface area contributed by atoms with Gasteiger partial charge >= 0.3 is 5.97 Å². The van der Waals surface area contributed by atoms with Gasteiger partial charge in [0, 0.05) is 26.2 Å². The molecule has 2 unspecified atom stereocenters. The molecule has 1 aromatic heterocycles. The molecule has 1 aromatic rings. The van der Waals surface area contributed by atoms with Crippen LogP contribution in [0.4, 0.5) is 0 Å². The van der Waals surface area contributed by atoms with Crippen molar-refractivity contribution in [2.75, 3.05) is 19.8 Å². The number of ether oxygens (including phenoxy) is 2. The Labute approximate surface area is 106 Å². The topological polar surface area (TPSA) is 66.2 Å². The van der Waals surface area contributed by atoms with Gasteiger partial charge in [-0.25, -0.2) is 9.78 Å². The first-order valence-corrected chi connectivity index (χ1v) is 6.29. The summed E-state index contributed by atoms with van der Waals surface area (Å²) in [6.45, 7) is 5.69. The van der Waals surface area contributed by atoms with E-state index in [4.69, 9.17) is 9.47 Å². The Hall–Kier alpha value is -1.43. The molecule has 0 bridgehead atoms. The Kier molecular flexibility index (Phi) is 3.96. The maximum Gasteiger partial charge on any atom is 0.378 e. The van der Waals surface area contributed by atoms with Crippen LogP contribution in [0.15, 0.2) is 0 Å². The van der Waals surface area contributed by atoms with Crippen molar-refractivity contribution in [3.63, 3.8) is 0 Å². The molecule has 0 aliphatic carbocycles. The van der Waals surface area contributed by atoms with Crippen LogP contribution < -0.4 is 0 Å². The second kappa shape index (κ2) is 5.48. The van der Waals surface area contributed by atoms with Crippen molar-refractivity contribution in [3.8, 4) is 0 Å². The van der Waals surface area contributed by atoms with E-state index in [0.717, 1.165) is 25.5 Å². The Morgan fingerprint density at radius 2 is 2.39 bits per heavy atom. The van der Waals surface area contributed by atoms with Gasteiger partial charge in [-0.3, -0.25) is 4.68 Å². The molecule has 2 rings (SSSR count). The van der Waals surface area contributed by atoms with Crippen LogP contribution in [0, 0.1) is 5.92 Å². The first-order valence-electron chi connectivity index (χ1n) is 6.29. The monoisotopic (exact) mass is 253 g/mol. The molecule has 18 heavy (non-hydrogen) atoms. The third-order valence-electron chi connectivity index (χ3n) is 3.23. The van der Waals surface area contributed by atoms with Gasteiger partial charge in [0.05, 0.1) is 6.61 Å². The largest absolute Gasteiger partial charge is 0.460 e. The molecule has 0 spiro atoms. The van der Waals surface area contributed by atoms with Crippen molar-refractivity contribution in [1.82, 2.24) is 14.8 Å². The van der Waals surface area contributed by atoms with Crippen molar-refractivity contribution < 1.29 is 14.3 Å². The lowest BCUT2D eigenvalue weighted by Gasteiger charge is -2.27. The second-order valence-corrected chi connectivity index (χ2v) is 4.59. The van der Waals surface area contributed by atoms with E-state index in [0.29, 0.717) is 18.4 Å². The summed E-state index contributed by atoms with van der Waals surface area (Å²) in [5.74, 6) is 1.21. The fourth-order valence-corrected chi connectivity index (χ4v) is 2.27. The number of hydrogen-bond acceptors (Lipinski definition) is 5. The Morgan fingerprint density at radius 1 is 1.61 bits per heavy atom. The first-order chi connectivity index (χ1) is 8.63. The van der Waals surface area contributed by atoms with E-state index >= 15 is 0 Å². The van der Waals surface area contributed by atoms with Crippen LogP contribution in [0.3, 0.4) is 0 Å². The van der Waals surface area contributed by atoms with Gasteiger partial charge in [-0.1, -0.05) is 6.92 Å². The van der Waals surface area contributed by atoms with Crippen LogP contribution in [-0.4, -0.2) is 40.6 Å². The van der Waals surface area contributed by atoms with Gasteiger partial charge in [-0.2, -0.15) is 0 Å². The Bertz CT molecular complexity index is 430. The second-order valence-electron chi connectivity index (χ2n) is 4.59. The average molecular weight is 253 g/mol. The van der Waals surface area contributed by atoms with Gasteiger partial charge in [0.15, 0.2) is 0 Å². The van der Waals surface area contributed by atoms with Crippen LogP contribution in [0.2, 0.25) is 0 Å². The minimum Gasteiger partial charge on any atom is -0.460 e. The fourth-order valence-electron chi connectivity index (χ4n) is 2.27. The Morgan fingerprint density at radius 3 is 3.06 bits per heavy atom. The quantitative estimate of drug-likeness (QED) is 0.755. The zero-order chi connectivity index (χ0) is 13.1. The highest BCUT2D eigenvalue weighted by molar-refractivity contribution is 5.85. The number of esters is 1. The summed E-state index contributed by atoms with van der Waals surface area (Å²) in [5, 5.41) is 4.13. The summed E-state index contributed by atoms with van der Waals surface area (Å²) >= 11 is 0. The maximum atomic E-state index is 11.6. The molecule has 0 N–H and O–H groups in total. The van der Waals surface area contributed by atoms with Crippen LogP contribution >= 0.6 is 0 Å². The zero-order valence-electron chi connectivity index (χ0n) is 11.0. The number of hydrogen-bond donors (Lipinski definition) is 0. The number of rotatable bonds is 3. The predicted molar refractivity (Wildman–Crippen MR) is 64.3 cm³/mol. The van der Waals surface area contributed by atoms with E-state index in [2.05, 4.69) is 17.0 Å². The molecule has 1 fully saturated rings. The standard InChI is InChI=1S/C12H19N3O3/c1-4-18-12(16)10-13-11(15(3)14-10)9-5-6-17-7-8(9)2/h8-9H,4-7H2,1-3H3. The predicted octanol–water partition coefficient (Wildman–Crippen LogP) is 1.13. The molecular formula is C12H19N3O3. The van der Waals surface area contributed by atoms with Crippen molar-refractivity contribution in [1.29, 1.82) is 0 Å². The van der Waals surface area contributed by atoms with Crippen molar-refractivity contribution in [2.45, 2.75) is 26.2 Å². The van der Waals surface area contributed by atoms with E-state index < -0.39 is 5.97 Å². The van der Waals surface area contributed by atoms with E-state index in [9.17, 15) is 4.79 Å². The van der Waals surface area contributed by atoms with E-state index in [1.807, 2.05) is 7.05 Å². The minimum atomic E-state index is -0.459. The Balaban J connectivity index is 2.20. The minimum absolute atomic E-state index is 0.146. The van der Waals surface area contributed by atoms with E-state index in [1.165, 1.54) is 0 Å². The number of aromatic nitrogens is 3. The van der Waals surface area contributed by atoms with Gasteiger partial charge in [0.2, 0.25) is 0 Å². The highest BCUT2D eigenvalue weighted by Crippen LogP contribution is 2.30. The summed E-state index contributed by atoms with van der Waals surface area (Å²) in [6, 6.07) is 0. The summed E-state index contributed by atoms with van der Waals surface area (Å²) < 4.78 is 12.0. The lowest BCUT2D eigenvalue weighted by atomic mass is 9.89. The van der Waals surface area contributed by atoms with Gasteiger partial charge in [-0.15, -0.1) is 5.10 Å². The number of aryl methyl sites for hydroxylation is 1. The highest BCUT2D eigenvalue weighted by Gasteiger charge is 2.29.